The summed E-state index contributed by atoms with van der Waals surface area (Å²) in [6.07, 6.45) is 7.53. The number of benzene rings is 1. The number of aromatic nitrogens is 3. The van der Waals surface area contributed by atoms with Gasteiger partial charge in [0.1, 0.15) is 5.76 Å². The minimum absolute atomic E-state index is 0.0605. The van der Waals surface area contributed by atoms with Crippen LogP contribution in [0.2, 0.25) is 5.02 Å². The first-order valence-corrected chi connectivity index (χ1v) is 11.0. The Bertz CT molecular complexity index is 1090. The fourth-order valence-electron chi connectivity index (χ4n) is 4.68. The van der Waals surface area contributed by atoms with E-state index in [2.05, 4.69) is 22.5 Å². The molecule has 2 heterocycles. The molecule has 3 aromatic rings. The average molecular weight is 425 g/mol. The Labute approximate surface area is 180 Å². The van der Waals surface area contributed by atoms with E-state index >= 15 is 0 Å². The molecule has 2 aliphatic rings. The van der Waals surface area contributed by atoms with Gasteiger partial charge in [0.05, 0.1) is 18.8 Å². The smallest absolute Gasteiger partial charge is 0.274 e. The van der Waals surface area contributed by atoms with Crippen LogP contribution in [0, 0.1) is 5.92 Å². The first-order chi connectivity index (χ1) is 14.6. The van der Waals surface area contributed by atoms with Crippen molar-refractivity contribution in [2.45, 2.75) is 58.0 Å². The highest BCUT2D eigenvalue weighted by Crippen LogP contribution is 2.32. The molecule has 0 unspecified atom stereocenters. The van der Waals surface area contributed by atoms with E-state index in [-0.39, 0.29) is 11.9 Å². The molecule has 1 amide bonds. The van der Waals surface area contributed by atoms with Gasteiger partial charge in [-0.05, 0) is 49.7 Å². The highest BCUT2D eigenvalue weighted by atomic mass is 35.5. The second-order valence-corrected chi connectivity index (χ2v) is 8.90. The molecular formula is C23H25ClN4O2. The van der Waals surface area contributed by atoms with Crippen molar-refractivity contribution in [2.24, 2.45) is 5.92 Å². The number of hydrogen-bond donors (Lipinski definition) is 1. The summed E-state index contributed by atoms with van der Waals surface area (Å²) in [5, 5.41) is 12.6. The van der Waals surface area contributed by atoms with Gasteiger partial charge in [-0.1, -0.05) is 41.9 Å². The molecular weight excluding hydrogens is 400 g/mol. The Morgan fingerprint density at radius 1 is 1.30 bits per heavy atom. The zero-order valence-electron chi connectivity index (χ0n) is 17.0. The summed E-state index contributed by atoms with van der Waals surface area (Å²) in [6.45, 7) is 2.84. The first kappa shape index (κ1) is 19.4. The van der Waals surface area contributed by atoms with Gasteiger partial charge in [0.25, 0.3) is 5.91 Å². The number of halogens is 1. The number of nitrogens with zero attached hydrogens (tertiary/aromatic N) is 3. The van der Waals surface area contributed by atoms with Gasteiger partial charge in [0.15, 0.2) is 5.69 Å². The van der Waals surface area contributed by atoms with Gasteiger partial charge in [0.2, 0.25) is 0 Å². The van der Waals surface area contributed by atoms with Crippen molar-refractivity contribution < 1.29 is 9.32 Å². The minimum Gasteiger partial charge on any atom is -0.360 e. The van der Waals surface area contributed by atoms with Crippen LogP contribution in [0.4, 0.5) is 0 Å². The number of carbonyl (C=O) groups is 1. The van der Waals surface area contributed by atoms with Gasteiger partial charge in [-0.2, -0.15) is 5.10 Å². The number of hydrogen-bond acceptors (Lipinski definition) is 4. The molecule has 156 valence electrons. The summed E-state index contributed by atoms with van der Waals surface area (Å²) in [7, 11) is 0. The molecule has 2 atom stereocenters. The first-order valence-electron chi connectivity index (χ1n) is 10.7. The van der Waals surface area contributed by atoms with E-state index in [1.807, 2.05) is 35.1 Å². The predicted molar refractivity (Wildman–Crippen MR) is 114 cm³/mol. The number of rotatable bonds is 4. The quantitative estimate of drug-likeness (QED) is 0.669. The number of carbonyl (C=O) groups excluding carboxylic acids is 1. The fourth-order valence-corrected chi connectivity index (χ4v) is 4.87. The maximum absolute atomic E-state index is 13.0. The average Bonchev–Trinajstić information content (AvgIpc) is 3.34. The molecule has 0 saturated heterocycles. The molecule has 2 aliphatic carbocycles. The van der Waals surface area contributed by atoms with Gasteiger partial charge in [0, 0.05) is 28.3 Å². The maximum atomic E-state index is 13.0. The van der Waals surface area contributed by atoms with E-state index in [1.54, 1.807) is 0 Å². The highest BCUT2D eigenvalue weighted by Gasteiger charge is 2.30. The second kappa shape index (κ2) is 7.91. The molecule has 30 heavy (non-hydrogen) atoms. The summed E-state index contributed by atoms with van der Waals surface area (Å²) in [4.78, 5) is 13.0. The van der Waals surface area contributed by atoms with E-state index < -0.39 is 0 Å². The Hall–Kier alpha value is -2.60. The third-order valence-electron chi connectivity index (χ3n) is 6.35. The van der Waals surface area contributed by atoms with Crippen LogP contribution in [-0.2, 0) is 25.8 Å². The van der Waals surface area contributed by atoms with E-state index in [1.165, 1.54) is 5.69 Å². The van der Waals surface area contributed by atoms with Crippen molar-refractivity contribution in [2.75, 3.05) is 0 Å². The Morgan fingerprint density at radius 2 is 2.17 bits per heavy atom. The number of nitrogens with one attached hydrogen (secondary N) is 1. The monoisotopic (exact) mass is 424 g/mol. The van der Waals surface area contributed by atoms with Gasteiger partial charge in [-0.15, -0.1) is 0 Å². The van der Waals surface area contributed by atoms with Gasteiger partial charge >= 0.3 is 0 Å². The molecule has 0 spiro atoms. The van der Waals surface area contributed by atoms with Crippen LogP contribution >= 0.6 is 11.6 Å². The lowest BCUT2D eigenvalue weighted by atomic mass is 9.88. The van der Waals surface area contributed by atoms with Crippen molar-refractivity contribution >= 4 is 17.5 Å². The van der Waals surface area contributed by atoms with E-state index in [4.69, 9.17) is 16.1 Å². The predicted octanol–water partition coefficient (Wildman–Crippen LogP) is 4.51. The molecule has 5 rings (SSSR count). The fraction of sp³-hybridized carbons (Fsp3) is 0.435. The van der Waals surface area contributed by atoms with Crippen molar-refractivity contribution in [3.63, 3.8) is 0 Å². The molecule has 0 aliphatic heterocycles. The standard InChI is InChI=1S/C23H25ClN4O2/c1-14-9-10-21-16(11-14)22(27-30-21)23(29)26-19-7-4-8-20-17(19)12-25-28(20)13-15-5-2-3-6-18(15)24/h2-3,5-6,12,14,19H,4,7-11,13H2,1H3,(H,26,29)/t14-,19+/m0/s1. The van der Waals surface area contributed by atoms with Gasteiger partial charge in [-0.3, -0.25) is 9.48 Å². The van der Waals surface area contributed by atoms with Crippen molar-refractivity contribution in [1.82, 2.24) is 20.3 Å². The topological polar surface area (TPSA) is 73.0 Å². The van der Waals surface area contributed by atoms with Crippen LogP contribution in [0.25, 0.3) is 0 Å². The highest BCUT2D eigenvalue weighted by molar-refractivity contribution is 6.31. The molecule has 6 nitrogen and oxygen atoms in total. The largest absolute Gasteiger partial charge is 0.360 e. The van der Waals surface area contributed by atoms with Crippen molar-refractivity contribution in [1.29, 1.82) is 0 Å². The van der Waals surface area contributed by atoms with E-state index in [0.717, 1.165) is 66.0 Å². The molecule has 1 N–H and O–H groups in total. The Morgan fingerprint density at radius 3 is 3.03 bits per heavy atom. The van der Waals surface area contributed by atoms with Crippen LogP contribution < -0.4 is 5.32 Å². The van der Waals surface area contributed by atoms with Crippen LogP contribution in [0.3, 0.4) is 0 Å². The van der Waals surface area contributed by atoms with Crippen molar-refractivity contribution in [3.8, 4) is 0 Å². The third kappa shape index (κ3) is 3.54. The molecule has 2 aromatic heterocycles. The molecule has 0 radical (unpaired) electrons. The molecule has 0 fully saturated rings. The SMILES string of the molecule is C[C@H]1CCc2onc(C(=O)N[C@@H]3CCCc4c3cnn4Cc3ccccc3Cl)c2C1. The van der Waals surface area contributed by atoms with Gasteiger partial charge in [-0.25, -0.2) is 0 Å². The molecule has 0 bridgehead atoms. The summed E-state index contributed by atoms with van der Waals surface area (Å²) in [5.41, 5.74) is 4.73. The number of amides is 1. The van der Waals surface area contributed by atoms with Gasteiger partial charge < -0.3 is 9.84 Å². The summed E-state index contributed by atoms with van der Waals surface area (Å²) >= 11 is 6.33. The minimum atomic E-state index is -0.147. The summed E-state index contributed by atoms with van der Waals surface area (Å²) < 4.78 is 7.47. The Balaban J connectivity index is 1.36. The second-order valence-electron chi connectivity index (χ2n) is 8.49. The third-order valence-corrected chi connectivity index (χ3v) is 6.72. The number of fused-ring (bicyclic) bond motifs is 2. The summed E-state index contributed by atoms with van der Waals surface area (Å²) in [5.74, 6) is 1.27. The zero-order valence-corrected chi connectivity index (χ0v) is 17.8. The zero-order chi connectivity index (χ0) is 20.7. The lowest BCUT2D eigenvalue weighted by Crippen LogP contribution is -2.32. The van der Waals surface area contributed by atoms with Crippen LogP contribution in [-0.4, -0.2) is 20.8 Å². The number of aryl methyl sites for hydroxylation is 1. The molecule has 0 saturated carbocycles. The van der Waals surface area contributed by atoms with E-state index in [0.29, 0.717) is 18.2 Å². The lowest BCUT2D eigenvalue weighted by molar-refractivity contribution is 0.0922. The lowest BCUT2D eigenvalue weighted by Gasteiger charge is -2.24. The van der Waals surface area contributed by atoms with Crippen LogP contribution in [0.15, 0.2) is 35.0 Å². The van der Waals surface area contributed by atoms with Crippen LogP contribution in [0.5, 0.6) is 0 Å². The normalized spacial score (nSPS) is 20.5. The van der Waals surface area contributed by atoms with Crippen LogP contribution in [0.1, 0.15) is 70.9 Å². The Kier molecular flexibility index (Phi) is 5.11. The molecule has 7 heteroatoms. The van der Waals surface area contributed by atoms with E-state index in [9.17, 15) is 4.79 Å². The molecule has 1 aromatic carbocycles. The maximum Gasteiger partial charge on any atom is 0.274 e. The summed E-state index contributed by atoms with van der Waals surface area (Å²) in [6, 6.07) is 7.77. The van der Waals surface area contributed by atoms with Crippen molar-refractivity contribution in [3.05, 3.63) is 69.3 Å².